The number of carbonyl (C=O) groups excluding carboxylic acids is 2. The standard InChI is InChI=1S/C24H38O4.C2H6OS/c1-5-9-13-19(7-3)17-27-23(25)21-15-11-12-16-22(21)24(26)28-18-20(8-4)14-10-6-2;1-4(2)3/h11-12,15-16,19-20H,5-10,13-14,17-18H2,1-4H3;1-2H3. The van der Waals surface area contributed by atoms with Crippen LogP contribution in [0.5, 0.6) is 0 Å². The smallest absolute Gasteiger partial charge is 0.339 e. The second-order valence-electron chi connectivity index (χ2n) is 8.32. The van der Waals surface area contributed by atoms with Gasteiger partial charge in [-0.25, -0.2) is 9.59 Å². The van der Waals surface area contributed by atoms with Crippen LogP contribution in [0.15, 0.2) is 24.3 Å². The van der Waals surface area contributed by atoms with E-state index in [1.807, 2.05) is 0 Å². The van der Waals surface area contributed by atoms with Crippen molar-refractivity contribution in [3.05, 3.63) is 35.4 Å². The first-order valence-corrected chi connectivity index (χ1v) is 13.9. The Bertz CT molecular complexity index is 619. The Morgan fingerprint density at radius 3 is 1.41 bits per heavy atom. The predicted molar refractivity (Wildman–Crippen MR) is 134 cm³/mol. The second-order valence-corrected chi connectivity index (χ2v) is 9.80. The van der Waals surface area contributed by atoms with Gasteiger partial charge in [0, 0.05) is 23.3 Å². The van der Waals surface area contributed by atoms with Crippen LogP contribution in [-0.4, -0.2) is 41.9 Å². The number of esters is 2. The van der Waals surface area contributed by atoms with E-state index in [4.69, 9.17) is 9.47 Å². The van der Waals surface area contributed by atoms with Gasteiger partial charge in [0.25, 0.3) is 0 Å². The minimum atomic E-state index is -0.611. The fourth-order valence-electron chi connectivity index (χ4n) is 3.18. The van der Waals surface area contributed by atoms with Crippen molar-refractivity contribution >= 4 is 22.7 Å². The number of hydrogen-bond donors (Lipinski definition) is 0. The third kappa shape index (κ3) is 13.7. The molecule has 0 spiro atoms. The summed E-state index contributed by atoms with van der Waals surface area (Å²) < 4.78 is 20.6. The van der Waals surface area contributed by atoms with Gasteiger partial charge in [0.05, 0.1) is 24.3 Å². The number of benzene rings is 1. The van der Waals surface area contributed by atoms with E-state index in [0.717, 1.165) is 51.4 Å². The third-order valence-electron chi connectivity index (χ3n) is 5.35. The predicted octanol–water partition coefficient (Wildman–Crippen LogP) is 6.43. The van der Waals surface area contributed by atoms with Gasteiger partial charge in [-0.3, -0.25) is 4.21 Å². The van der Waals surface area contributed by atoms with Crippen LogP contribution in [0.2, 0.25) is 0 Å². The number of carbonyl (C=O) groups is 2. The van der Waals surface area contributed by atoms with Gasteiger partial charge >= 0.3 is 11.9 Å². The molecule has 2 unspecified atom stereocenters. The molecule has 0 aromatic heterocycles. The molecular formula is C26H44O5S. The van der Waals surface area contributed by atoms with E-state index in [2.05, 4.69) is 27.7 Å². The highest BCUT2D eigenvalue weighted by Gasteiger charge is 2.21. The zero-order valence-corrected chi connectivity index (χ0v) is 21.8. The van der Waals surface area contributed by atoms with E-state index < -0.39 is 22.7 Å². The summed E-state index contributed by atoms with van der Waals surface area (Å²) in [4.78, 5) is 25.1. The van der Waals surface area contributed by atoms with Gasteiger partial charge in [-0.1, -0.05) is 78.4 Å². The molecule has 0 bridgehead atoms. The first-order valence-electron chi connectivity index (χ1n) is 12.0. The zero-order chi connectivity index (χ0) is 24.4. The summed E-state index contributed by atoms with van der Waals surface area (Å²) in [5.74, 6) is -0.153. The normalized spacial score (nSPS) is 12.5. The van der Waals surface area contributed by atoms with E-state index in [0.29, 0.717) is 36.2 Å². The van der Waals surface area contributed by atoms with Gasteiger partial charge < -0.3 is 9.47 Å². The van der Waals surface area contributed by atoms with Gasteiger partial charge in [-0.15, -0.1) is 0 Å². The Balaban J connectivity index is 0.00000220. The maximum atomic E-state index is 12.6. The molecule has 0 fully saturated rings. The molecule has 0 N–H and O–H groups in total. The Kier molecular flexibility index (Phi) is 17.8. The monoisotopic (exact) mass is 468 g/mol. The molecule has 1 aromatic rings. The lowest BCUT2D eigenvalue weighted by Gasteiger charge is -2.17. The summed E-state index contributed by atoms with van der Waals surface area (Å²) in [5, 5.41) is 0. The molecule has 0 saturated heterocycles. The molecule has 0 saturated carbocycles. The van der Waals surface area contributed by atoms with Gasteiger partial charge in [0.2, 0.25) is 0 Å². The van der Waals surface area contributed by atoms with Crippen LogP contribution < -0.4 is 0 Å². The Morgan fingerprint density at radius 1 is 0.781 bits per heavy atom. The minimum Gasteiger partial charge on any atom is -0.462 e. The first kappa shape index (κ1) is 30.3. The Labute approximate surface area is 198 Å². The molecular weight excluding hydrogens is 424 g/mol. The number of unbranched alkanes of at least 4 members (excludes halogenated alkanes) is 2. The topological polar surface area (TPSA) is 69.7 Å². The molecule has 0 amide bonds. The summed E-state index contributed by atoms with van der Waals surface area (Å²) in [5.41, 5.74) is 0.582. The van der Waals surface area contributed by atoms with Crippen molar-refractivity contribution in [3.63, 3.8) is 0 Å². The molecule has 0 heterocycles. The van der Waals surface area contributed by atoms with Crippen molar-refractivity contribution in [1.82, 2.24) is 0 Å². The van der Waals surface area contributed by atoms with Gasteiger partial charge in [0.15, 0.2) is 0 Å². The molecule has 1 rings (SSSR count). The van der Waals surface area contributed by atoms with Crippen molar-refractivity contribution in [2.45, 2.75) is 79.1 Å². The molecule has 0 aliphatic heterocycles. The molecule has 2 atom stereocenters. The van der Waals surface area contributed by atoms with Crippen LogP contribution >= 0.6 is 0 Å². The highest BCUT2D eigenvalue weighted by Crippen LogP contribution is 2.18. The molecule has 5 nitrogen and oxygen atoms in total. The maximum Gasteiger partial charge on any atom is 0.339 e. The summed E-state index contributed by atoms with van der Waals surface area (Å²) in [6.45, 7) is 9.34. The Hall–Kier alpha value is -1.69. The highest BCUT2D eigenvalue weighted by molar-refractivity contribution is 7.83. The van der Waals surface area contributed by atoms with E-state index in [-0.39, 0.29) is 0 Å². The number of hydrogen-bond acceptors (Lipinski definition) is 5. The molecule has 6 heteroatoms. The van der Waals surface area contributed by atoms with Crippen molar-refractivity contribution in [3.8, 4) is 0 Å². The van der Waals surface area contributed by atoms with E-state index in [9.17, 15) is 13.8 Å². The number of rotatable bonds is 14. The zero-order valence-electron chi connectivity index (χ0n) is 21.0. The Morgan fingerprint density at radius 2 is 1.12 bits per heavy atom. The molecule has 184 valence electrons. The van der Waals surface area contributed by atoms with E-state index in [1.165, 1.54) is 0 Å². The fourth-order valence-corrected chi connectivity index (χ4v) is 3.18. The SMILES string of the molecule is CCCCC(CC)COC(=O)c1ccccc1C(=O)OCC(CC)CCCC.CS(C)=O. The molecule has 0 aliphatic carbocycles. The van der Waals surface area contributed by atoms with Crippen LogP contribution in [0.25, 0.3) is 0 Å². The molecule has 1 aromatic carbocycles. The largest absolute Gasteiger partial charge is 0.462 e. The second kappa shape index (κ2) is 18.8. The van der Waals surface area contributed by atoms with Crippen molar-refractivity contribution in [2.24, 2.45) is 11.8 Å². The van der Waals surface area contributed by atoms with Crippen molar-refractivity contribution < 1.29 is 23.3 Å². The van der Waals surface area contributed by atoms with E-state index in [1.54, 1.807) is 36.8 Å². The average molecular weight is 469 g/mol. The first-order chi connectivity index (χ1) is 15.3. The van der Waals surface area contributed by atoms with Crippen LogP contribution in [0, 0.1) is 11.8 Å². The van der Waals surface area contributed by atoms with Crippen LogP contribution in [0.4, 0.5) is 0 Å². The van der Waals surface area contributed by atoms with Crippen LogP contribution in [-0.2, 0) is 20.3 Å². The summed E-state index contributed by atoms with van der Waals surface area (Å²) >= 11 is 0. The third-order valence-corrected chi connectivity index (χ3v) is 5.35. The number of ether oxygens (including phenoxy) is 2. The summed E-state index contributed by atoms with van der Waals surface area (Å²) in [7, 11) is -0.611. The quantitative estimate of drug-likeness (QED) is 0.294. The van der Waals surface area contributed by atoms with Crippen molar-refractivity contribution in [2.75, 3.05) is 25.7 Å². The summed E-state index contributed by atoms with van der Waals surface area (Å²) in [6.07, 6.45) is 11.9. The molecule has 32 heavy (non-hydrogen) atoms. The highest BCUT2D eigenvalue weighted by atomic mass is 32.2. The average Bonchev–Trinajstić information content (AvgIpc) is 2.78. The van der Waals surface area contributed by atoms with Crippen LogP contribution in [0.1, 0.15) is 99.8 Å². The van der Waals surface area contributed by atoms with Gasteiger partial charge in [-0.2, -0.15) is 0 Å². The molecule has 0 aliphatic rings. The summed E-state index contributed by atoms with van der Waals surface area (Å²) in [6, 6.07) is 6.77. The maximum absolute atomic E-state index is 12.6. The van der Waals surface area contributed by atoms with Gasteiger partial charge in [-0.05, 0) is 36.8 Å². The van der Waals surface area contributed by atoms with Crippen molar-refractivity contribution in [1.29, 1.82) is 0 Å². The van der Waals surface area contributed by atoms with Crippen LogP contribution in [0.3, 0.4) is 0 Å². The van der Waals surface area contributed by atoms with Gasteiger partial charge in [0.1, 0.15) is 0 Å². The molecule has 0 radical (unpaired) electrons. The van der Waals surface area contributed by atoms with E-state index >= 15 is 0 Å². The fraction of sp³-hybridized carbons (Fsp3) is 0.692. The lowest BCUT2D eigenvalue weighted by molar-refractivity contribution is 0.0381. The lowest BCUT2D eigenvalue weighted by Crippen LogP contribution is -2.19. The lowest BCUT2D eigenvalue weighted by atomic mass is 10.0. The minimum absolute atomic E-state index is 0.291.